The Morgan fingerprint density at radius 3 is 2.46 bits per heavy atom. The lowest BCUT2D eigenvalue weighted by Crippen LogP contribution is -2.61. The molecule has 2 fully saturated rings. The molecule has 1 amide bonds. The Balaban J connectivity index is 1.49. The zero-order valence-electron chi connectivity index (χ0n) is 19.5. The number of nitrogens with zero attached hydrogens (tertiary/aromatic N) is 1. The molecule has 35 heavy (non-hydrogen) atoms. The molecule has 1 aliphatic carbocycles. The average molecular weight is 507 g/mol. The number of hydrogen-bond acceptors (Lipinski definition) is 4. The zero-order chi connectivity index (χ0) is 25.2. The molecule has 6 nitrogen and oxygen atoms in total. The molecule has 188 valence electrons. The Hall–Kier alpha value is -2.71. The number of halogens is 3. The van der Waals surface area contributed by atoms with Gasteiger partial charge in [0.05, 0.1) is 11.6 Å². The van der Waals surface area contributed by atoms with Crippen LogP contribution in [0.15, 0.2) is 48.5 Å². The number of carbonyl (C=O) groups is 2. The lowest BCUT2D eigenvalue weighted by atomic mass is 9.77. The molecule has 2 aromatic rings. The van der Waals surface area contributed by atoms with E-state index in [0.29, 0.717) is 30.3 Å². The number of aromatic carboxylic acids is 1. The van der Waals surface area contributed by atoms with Gasteiger partial charge < -0.3 is 15.2 Å². The second kappa shape index (κ2) is 10.1. The summed E-state index contributed by atoms with van der Waals surface area (Å²) in [4.78, 5) is 26.7. The third-order valence-electron chi connectivity index (χ3n) is 7.09. The van der Waals surface area contributed by atoms with Crippen molar-refractivity contribution < 1.29 is 28.2 Å². The number of likely N-dealkylation sites (tertiary alicyclic amines) is 1. The van der Waals surface area contributed by atoms with Gasteiger partial charge in [-0.3, -0.25) is 9.69 Å². The highest BCUT2D eigenvalue weighted by Gasteiger charge is 2.53. The Morgan fingerprint density at radius 1 is 1.14 bits per heavy atom. The summed E-state index contributed by atoms with van der Waals surface area (Å²) < 4.78 is 34.3. The Morgan fingerprint density at radius 2 is 1.83 bits per heavy atom. The molecule has 2 atom stereocenters. The van der Waals surface area contributed by atoms with Crippen LogP contribution in [0.2, 0.25) is 5.02 Å². The number of carboxylic acids is 1. The monoisotopic (exact) mass is 506 g/mol. The Bertz CT molecular complexity index is 1070. The Kier molecular flexibility index (Phi) is 7.33. The van der Waals surface area contributed by atoms with E-state index in [4.69, 9.17) is 21.4 Å². The van der Waals surface area contributed by atoms with Crippen LogP contribution in [-0.4, -0.2) is 52.5 Å². The summed E-state index contributed by atoms with van der Waals surface area (Å²) in [6, 6.07) is 13.0. The molecule has 0 bridgehead atoms. The van der Waals surface area contributed by atoms with E-state index in [1.165, 1.54) is 12.1 Å². The second-order valence-electron chi connectivity index (χ2n) is 9.44. The maximum Gasteiger partial charge on any atom is 0.335 e. The summed E-state index contributed by atoms with van der Waals surface area (Å²) in [5.41, 5.74) is -0.159. The van der Waals surface area contributed by atoms with E-state index in [1.807, 2.05) is 11.0 Å². The summed E-state index contributed by atoms with van der Waals surface area (Å²) in [5.74, 6) is -3.46. The van der Waals surface area contributed by atoms with Crippen LogP contribution < -0.4 is 10.1 Å². The van der Waals surface area contributed by atoms with Crippen LogP contribution in [0.25, 0.3) is 0 Å². The highest BCUT2D eigenvalue weighted by molar-refractivity contribution is 6.30. The van der Waals surface area contributed by atoms with Gasteiger partial charge in [-0.2, -0.15) is 0 Å². The zero-order valence-corrected chi connectivity index (χ0v) is 20.2. The summed E-state index contributed by atoms with van der Waals surface area (Å²) in [6.07, 6.45) is -0.0940. The summed E-state index contributed by atoms with van der Waals surface area (Å²) in [6.45, 7) is 2.81. The highest BCUT2D eigenvalue weighted by atomic mass is 35.5. The summed E-state index contributed by atoms with van der Waals surface area (Å²) in [5, 5.41) is 12.7. The quantitative estimate of drug-likeness (QED) is 0.531. The first-order chi connectivity index (χ1) is 16.6. The maximum absolute atomic E-state index is 14.1. The third-order valence-corrected chi connectivity index (χ3v) is 7.32. The normalized spacial score (nSPS) is 22.3. The number of carboxylic acid groups (broad SMARTS) is 1. The molecule has 1 saturated carbocycles. The van der Waals surface area contributed by atoms with Crippen molar-refractivity contribution in [3.05, 3.63) is 64.7 Å². The van der Waals surface area contributed by atoms with Crippen molar-refractivity contribution in [3.63, 3.8) is 0 Å². The number of nitrogens with one attached hydrogen (secondary N) is 1. The van der Waals surface area contributed by atoms with Crippen molar-refractivity contribution in [2.45, 2.75) is 62.6 Å². The molecule has 1 heterocycles. The van der Waals surface area contributed by atoms with Gasteiger partial charge in [0.2, 0.25) is 11.8 Å². The number of alkyl halides is 2. The Labute approximate surface area is 208 Å². The molecule has 0 unspecified atom stereocenters. The van der Waals surface area contributed by atoms with E-state index >= 15 is 0 Å². The van der Waals surface area contributed by atoms with Crippen LogP contribution in [0, 0.1) is 0 Å². The number of carbonyl (C=O) groups excluding carboxylic acids is 1. The number of benzene rings is 2. The standard InChI is InChI=1S/C26H29ClF2N2O4/c1-17(18-5-7-19(8-6-18)23(32)33)30-24(34)25(10-12-26(28,29)13-11-25)31-14-9-22(16-31)35-21-4-2-3-20(27)15-21/h2-8,15,17,22H,9-14,16H2,1H3,(H,30,34)(H,32,33)/t17-,22+/m0/s1. The van der Waals surface area contributed by atoms with Gasteiger partial charge in [-0.15, -0.1) is 0 Å². The van der Waals surface area contributed by atoms with Crippen LogP contribution >= 0.6 is 11.6 Å². The predicted molar refractivity (Wildman–Crippen MR) is 128 cm³/mol. The largest absolute Gasteiger partial charge is 0.489 e. The van der Waals surface area contributed by atoms with Gasteiger partial charge in [-0.05, 0) is 62.1 Å². The molecule has 1 aliphatic heterocycles. The molecule has 9 heteroatoms. The lowest BCUT2D eigenvalue weighted by Gasteiger charge is -2.45. The van der Waals surface area contributed by atoms with Crippen molar-refractivity contribution in [3.8, 4) is 5.75 Å². The number of amides is 1. The summed E-state index contributed by atoms with van der Waals surface area (Å²) in [7, 11) is 0. The first-order valence-corrected chi connectivity index (χ1v) is 12.2. The predicted octanol–water partition coefficient (Wildman–Crippen LogP) is 5.32. The van der Waals surface area contributed by atoms with Gasteiger partial charge in [0.15, 0.2) is 0 Å². The molecule has 2 aromatic carbocycles. The third kappa shape index (κ3) is 5.76. The number of ether oxygens (including phenoxy) is 1. The topological polar surface area (TPSA) is 78.9 Å². The van der Waals surface area contributed by atoms with Gasteiger partial charge in [0.1, 0.15) is 17.4 Å². The minimum atomic E-state index is -2.78. The van der Waals surface area contributed by atoms with Crippen LogP contribution in [0.4, 0.5) is 8.78 Å². The fourth-order valence-electron chi connectivity index (χ4n) is 4.99. The van der Waals surface area contributed by atoms with E-state index in [2.05, 4.69) is 5.32 Å². The van der Waals surface area contributed by atoms with Gasteiger partial charge in [0, 0.05) is 31.0 Å². The number of rotatable bonds is 7. The van der Waals surface area contributed by atoms with Crippen LogP contribution in [0.3, 0.4) is 0 Å². The fourth-order valence-corrected chi connectivity index (χ4v) is 5.17. The van der Waals surface area contributed by atoms with Crippen molar-refractivity contribution in [1.29, 1.82) is 0 Å². The minimum Gasteiger partial charge on any atom is -0.489 e. The van der Waals surface area contributed by atoms with Gasteiger partial charge in [0.25, 0.3) is 0 Å². The van der Waals surface area contributed by atoms with Crippen molar-refractivity contribution >= 4 is 23.5 Å². The van der Waals surface area contributed by atoms with E-state index in [0.717, 1.165) is 5.56 Å². The molecule has 0 spiro atoms. The van der Waals surface area contributed by atoms with Crippen LogP contribution in [-0.2, 0) is 4.79 Å². The minimum absolute atomic E-state index is 0.0559. The maximum atomic E-state index is 14.1. The van der Waals surface area contributed by atoms with Gasteiger partial charge in [-0.25, -0.2) is 13.6 Å². The first-order valence-electron chi connectivity index (χ1n) is 11.8. The van der Waals surface area contributed by atoms with Crippen molar-refractivity contribution in [1.82, 2.24) is 10.2 Å². The first kappa shape index (κ1) is 25.4. The van der Waals surface area contributed by atoms with Gasteiger partial charge >= 0.3 is 5.97 Å². The molecular formula is C26H29ClF2N2O4. The average Bonchev–Trinajstić information content (AvgIpc) is 3.28. The van der Waals surface area contributed by atoms with Crippen molar-refractivity contribution in [2.75, 3.05) is 13.1 Å². The molecule has 4 rings (SSSR count). The van der Waals surface area contributed by atoms with Crippen LogP contribution in [0.1, 0.15) is 61.0 Å². The van der Waals surface area contributed by atoms with E-state index < -0.39 is 23.5 Å². The highest BCUT2D eigenvalue weighted by Crippen LogP contribution is 2.43. The number of hydrogen-bond donors (Lipinski definition) is 2. The second-order valence-corrected chi connectivity index (χ2v) is 9.88. The molecular weight excluding hydrogens is 478 g/mol. The smallest absolute Gasteiger partial charge is 0.335 e. The molecule has 2 aliphatic rings. The van der Waals surface area contributed by atoms with E-state index in [1.54, 1.807) is 37.3 Å². The molecule has 1 saturated heterocycles. The van der Waals surface area contributed by atoms with Gasteiger partial charge in [-0.1, -0.05) is 29.8 Å². The molecule has 2 N–H and O–H groups in total. The van der Waals surface area contributed by atoms with Crippen LogP contribution in [0.5, 0.6) is 5.75 Å². The van der Waals surface area contributed by atoms with E-state index in [-0.39, 0.29) is 43.3 Å². The van der Waals surface area contributed by atoms with E-state index in [9.17, 15) is 18.4 Å². The van der Waals surface area contributed by atoms with Crippen molar-refractivity contribution in [2.24, 2.45) is 0 Å². The lowest BCUT2D eigenvalue weighted by molar-refractivity contribution is -0.143. The summed E-state index contributed by atoms with van der Waals surface area (Å²) >= 11 is 6.05. The SMILES string of the molecule is C[C@H](NC(=O)C1(N2CC[C@@H](Oc3cccc(Cl)c3)C2)CCC(F)(F)CC1)c1ccc(C(=O)O)cc1. The molecule has 0 aromatic heterocycles. The molecule has 0 radical (unpaired) electrons. The fraction of sp³-hybridized carbons (Fsp3) is 0.462.